The summed E-state index contributed by atoms with van der Waals surface area (Å²) in [4.78, 5) is 11.6. The molecular formula is C7H9NOS. The molecule has 0 radical (unpaired) electrons. The van der Waals surface area contributed by atoms with Crippen molar-refractivity contribution in [2.75, 3.05) is 6.54 Å². The van der Waals surface area contributed by atoms with Crippen molar-refractivity contribution in [3.63, 3.8) is 0 Å². The van der Waals surface area contributed by atoms with Crippen LogP contribution in [0.2, 0.25) is 0 Å². The molecule has 1 aliphatic carbocycles. The van der Waals surface area contributed by atoms with Gasteiger partial charge in [0, 0.05) is 11.3 Å². The van der Waals surface area contributed by atoms with E-state index >= 15 is 0 Å². The first-order valence-electron chi connectivity index (χ1n) is 3.05. The van der Waals surface area contributed by atoms with E-state index in [1.165, 1.54) is 0 Å². The van der Waals surface area contributed by atoms with E-state index in [0.717, 1.165) is 10.5 Å². The zero-order valence-corrected chi connectivity index (χ0v) is 6.40. The van der Waals surface area contributed by atoms with E-state index in [1.807, 2.05) is 12.2 Å². The van der Waals surface area contributed by atoms with Gasteiger partial charge in [0.25, 0.3) is 0 Å². The number of Topliss-reactive ketones (excluding diaryl/α,β-unsaturated/α-hetero) is 1. The normalized spacial score (nSPS) is 15.4. The highest BCUT2D eigenvalue weighted by Crippen LogP contribution is 2.22. The molecular weight excluding hydrogens is 146 g/mol. The van der Waals surface area contributed by atoms with Crippen molar-refractivity contribution in [1.29, 1.82) is 0 Å². The van der Waals surface area contributed by atoms with Crippen molar-refractivity contribution in [3.05, 3.63) is 22.6 Å². The fraction of sp³-hybridized carbons (Fsp3) is 0.286. The lowest BCUT2D eigenvalue weighted by Crippen LogP contribution is -2.14. The summed E-state index contributed by atoms with van der Waals surface area (Å²) >= 11 is 4.04. The van der Waals surface area contributed by atoms with Crippen LogP contribution in [0.5, 0.6) is 0 Å². The van der Waals surface area contributed by atoms with Gasteiger partial charge in [0.05, 0.1) is 6.54 Å². The average Bonchev–Trinajstić information content (AvgIpc) is 1.84. The minimum Gasteiger partial charge on any atom is -0.324 e. The molecule has 0 saturated heterocycles. The quantitative estimate of drug-likeness (QED) is 0.588. The maximum Gasteiger partial charge on any atom is 0.150 e. The van der Waals surface area contributed by atoms with Crippen LogP contribution in [0, 0.1) is 0 Å². The van der Waals surface area contributed by atoms with Gasteiger partial charge in [0.2, 0.25) is 0 Å². The van der Waals surface area contributed by atoms with Crippen LogP contribution in [-0.2, 0) is 4.79 Å². The lowest BCUT2D eigenvalue weighted by molar-refractivity contribution is -0.117. The number of nitrogens with two attached hydrogens (primary N) is 1. The largest absolute Gasteiger partial charge is 0.324 e. The summed E-state index contributed by atoms with van der Waals surface area (Å²) in [6, 6.07) is 0. The van der Waals surface area contributed by atoms with E-state index in [1.54, 1.807) is 0 Å². The highest BCUT2D eigenvalue weighted by Gasteiger charge is 2.07. The van der Waals surface area contributed by atoms with Crippen LogP contribution in [0.4, 0.5) is 0 Å². The fourth-order valence-corrected chi connectivity index (χ4v) is 1.10. The molecule has 0 aromatic carbocycles. The molecule has 0 aromatic heterocycles. The highest BCUT2D eigenvalue weighted by molar-refractivity contribution is 7.84. The molecule has 0 aromatic rings. The van der Waals surface area contributed by atoms with E-state index in [4.69, 9.17) is 5.73 Å². The van der Waals surface area contributed by atoms with Gasteiger partial charge in [-0.25, -0.2) is 0 Å². The molecule has 0 unspecified atom stereocenters. The van der Waals surface area contributed by atoms with Gasteiger partial charge in [-0.15, -0.1) is 12.6 Å². The Hall–Kier alpha value is -0.540. The minimum absolute atomic E-state index is 0.0725. The Balaban J connectivity index is 2.30. The third-order valence-corrected chi connectivity index (χ3v) is 1.55. The molecule has 0 atom stereocenters. The first-order chi connectivity index (χ1) is 4.72. The molecule has 0 saturated carbocycles. The number of carbonyl (C=O) groups is 1. The summed E-state index contributed by atoms with van der Waals surface area (Å²) < 4.78 is 0. The van der Waals surface area contributed by atoms with Crippen molar-refractivity contribution in [2.45, 2.75) is 6.42 Å². The summed E-state index contributed by atoms with van der Waals surface area (Å²) in [5.74, 6) is 0.0725. The van der Waals surface area contributed by atoms with Crippen LogP contribution in [-0.4, -0.2) is 12.3 Å². The Kier molecular flexibility index (Phi) is 2.29. The number of rotatable bonds is 3. The predicted molar refractivity (Wildman–Crippen MR) is 43.8 cm³/mol. The Labute approximate surface area is 65.2 Å². The molecule has 0 aliphatic heterocycles. The van der Waals surface area contributed by atoms with E-state index in [0.29, 0.717) is 6.42 Å². The smallest absolute Gasteiger partial charge is 0.150 e. The Bertz CT molecular complexity index is 218. The molecule has 0 heterocycles. The molecule has 0 bridgehead atoms. The first-order valence-corrected chi connectivity index (χ1v) is 3.50. The summed E-state index contributed by atoms with van der Waals surface area (Å²) in [7, 11) is 0. The van der Waals surface area contributed by atoms with Crippen LogP contribution in [0.25, 0.3) is 0 Å². The van der Waals surface area contributed by atoms with Crippen molar-refractivity contribution >= 4 is 18.4 Å². The van der Waals surface area contributed by atoms with Gasteiger partial charge in [-0.3, -0.25) is 4.79 Å². The van der Waals surface area contributed by atoms with Gasteiger partial charge in [-0.05, 0) is 17.7 Å². The maximum atomic E-state index is 10.7. The molecule has 1 rings (SSSR count). The first kappa shape index (κ1) is 7.57. The van der Waals surface area contributed by atoms with Crippen molar-refractivity contribution in [3.8, 4) is 0 Å². The van der Waals surface area contributed by atoms with Gasteiger partial charge in [-0.1, -0.05) is 0 Å². The standard InChI is InChI=1S/C7H9NOS/c8-4-6(9)1-5-2-7(10)3-5/h2-3,10H,1,4,8H2. The number of carbonyl (C=O) groups excluding carboxylic acids is 1. The molecule has 2 N–H and O–H groups in total. The predicted octanol–water partition coefficient (Wildman–Crippen LogP) is 0.658. The number of allylic oxidation sites excluding steroid dienone is 3. The summed E-state index contributed by atoms with van der Waals surface area (Å²) in [6.07, 6.45) is 4.20. The summed E-state index contributed by atoms with van der Waals surface area (Å²) in [5.41, 5.74) is 6.15. The second kappa shape index (κ2) is 3.03. The molecule has 0 spiro atoms. The summed E-state index contributed by atoms with van der Waals surface area (Å²) in [6.45, 7) is 0.132. The number of hydrogen-bond acceptors (Lipinski definition) is 3. The zero-order chi connectivity index (χ0) is 7.56. The monoisotopic (exact) mass is 155 g/mol. The molecule has 0 amide bonds. The van der Waals surface area contributed by atoms with Gasteiger partial charge in [0.15, 0.2) is 5.78 Å². The topological polar surface area (TPSA) is 43.1 Å². The lowest BCUT2D eigenvalue weighted by Gasteiger charge is -2.08. The second-order valence-electron chi connectivity index (χ2n) is 2.21. The zero-order valence-electron chi connectivity index (χ0n) is 5.50. The molecule has 10 heavy (non-hydrogen) atoms. The maximum absolute atomic E-state index is 10.7. The summed E-state index contributed by atoms with van der Waals surface area (Å²) in [5, 5.41) is 0. The molecule has 3 heteroatoms. The van der Waals surface area contributed by atoms with Crippen LogP contribution >= 0.6 is 12.6 Å². The lowest BCUT2D eigenvalue weighted by atomic mass is 10.0. The van der Waals surface area contributed by atoms with E-state index in [9.17, 15) is 4.79 Å². The Morgan fingerprint density at radius 1 is 1.60 bits per heavy atom. The van der Waals surface area contributed by atoms with Crippen molar-refractivity contribution < 1.29 is 4.79 Å². The van der Waals surface area contributed by atoms with E-state index in [-0.39, 0.29) is 12.3 Å². The highest BCUT2D eigenvalue weighted by atomic mass is 32.1. The number of ketones is 1. The van der Waals surface area contributed by atoms with Crippen LogP contribution in [0.3, 0.4) is 0 Å². The van der Waals surface area contributed by atoms with Gasteiger partial charge >= 0.3 is 0 Å². The van der Waals surface area contributed by atoms with Gasteiger partial charge in [-0.2, -0.15) is 0 Å². The molecule has 2 nitrogen and oxygen atoms in total. The van der Waals surface area contributed by atoms with Crippen molar-refractivity contribution in [1.82, 2.24) is 0 Å². The Morgan fingerprint density at radius 2 is 2.20 bits per heavy atom. The molecule has 54 valence electrons. The third-order valence-electron chi connectivity index (χ3n) is 1.30. The van der Waals surface area contributed by atoms with E-state index < -0.39 is 0 Å². The average molecular weight is 155 g/mol. The second-order valence-corrected chi connectivity index (χ2v) is 2.72. The fourth-order valence-electron chi connectivity index (χ4n) is 0.769. The van der Waals surface area contributed by atoms with Gasteiger partial charge in [0.1, 0.15) is 0 Å². The Morgan fingerprint density at radius 3 is 2.60 bits per heavy atom. The third kappa shape index (κ3) is 1.72. The van der Waals surface area contributed by atoms with Crippen LogP contribution in [0.15, 0.2) is 22.6 Å². The number of hydrogen-bond donors (Lipinski definition) is 2. The van der Waals surface area contributed by atoms with Crippen LogP contribution in [0.1, 0.15) is 6.42 Å². The molecule has 0 fully saturated rings. The molecule has 1 aliphatic rings. The van der Waals surface area contributed by atoms with Gasteiger partial charge < -0.3 is 5.73 Å². The van der Waals surface area contributed by atoms with E-state index in [2.05, 4.69) is 12.6 Å². The minimum atomic E-state index is 0.0725. The SMILES string of the molecule is NCC(=O)CC1=CC(S)=C1. The van der Waals surface area contributed by atoms with Crippen LogP contribution < -0.4 is 5.73 Å². The van der Waals surface area contributed by atoms with Crippen molar-refractivity contribution in [2.24, 2.45) is 5.73 Å². The number of thiol groups is 1.